The van der Waals surface area contributed by atoms with Gasteiger partial charge in [-0.05, 0) is 32.2 Å². The minimum absolute atomic E-state index is 0.0583. The molecule has 1 aromatic heterocycles. The molecule has 0 fully saturated rings. The first-order chi connectivity index (χ1) is 8.98. The second kappa shape index (κ2) is 7.40. The van der Waals surface area contributed by atoms with Crippen LogP contribution in [0.15, 0.2) is 17.5 Å². The predicted molar refractivity (Wildman–Crippen MR) is 74.3 cm³/mol. The summed E-state index contributed by atoms with van der Waals surface area (Å²) in [4.78, 5) is 24.8. The zero-order chi connectivity index (χ0) is 14.3. The van der Waals surface area contributed by atoms with Crippen LogP contribution in [0.4, 0.5) is 0 Å². The van der Waals surface area contributed by atoms with Gasteiger partial charge in [-0.25, -0.2) is 0 Å². The SMILES string of the molecule is CCOC(=O)C(C)(C)C(=O)COCCc1cccs1. The normalized spacial score (nSPS) is 11.3. The highest BCUT2D eigenvalue weighted by Gasteiger charge is 2.37. The summed E-state index contributed by atoms with van der Waals surface area (Å²) < 4.78 is 10.2. The highest BCUT2D eigenvalue weighted by Crippen LogP contribution is 2.19. The van der Waals surface area contributed by atoms with Gasteiger partial charge in [-0.1, -0.05) is 6.07 Å². The van der Waals surface area contributed by atoms with E-state index in [0.717, 1.165) is 6.42 Å². The number of carbonyl (C=O) groups excluding carboxylic acids is 2. The molecule has 0 N–H and O–H groups in total. The zero-order valence-corrected chi connectivity index (χ0v) is 12.4. The third-order valence-corrected chi connectivity index (χ3v) is 3.73. The van der Waals surface area contributed by atoms with Gasteiger partial charge < -0.3 is 9.47 Å². The average molecular weight is 284 g/mol. The van der Waals surface area contributed by atoms with Crippen molar-refractivity contribution < 1.29 is 19.1 Å². The number of thiophene rings is 1. The van der Waals surface area contributed by atoms with Crippen LogP contribution in [0.25, 0.3) is 0 Å². The summed E-state index contributed by atoms with van der Waals surface area (Å²) in [6.07, 6.45) is 0.783. The fourth-order valence-corrected chi connectivity index (χ4v) is 2.09. The van der Waals surface area contributed by atoms with Gasteiger partial charge in [-0.2, -0.15) is 0 Å². The maximum atomic E-state index is 11.9. The smallest absolute Gasteiger partial charge is 0.319 e. The molecule has 106 valence electrons. The van der Waals surface area contributed by atoms with Crippen molar-refractivity contribution in [2.75, 3.05) is 19.8 Å². The second-order valence-electron chi connectivity index (χ2n) is 4.65. The van der Waals surface area contributed by atoms with Gasteiger partial charge in [0.1, 0.15) is 12.0 Å². The van der Waals surface area contributed by atoms with E-state index in [1.165, 1.54) is 4.88 Å². The fraction of sp³-hybridized carbons (Fsp3) is 0.571. The molecule has 0 radical (unpaired) electrons. The molecule has 0 aromatic carbocycles. The molecule has 0 atom stereocenters. The van der Waals surface area contributed by atoms with Crippen LogP contribution in [0.3, 0.4) is 0 Å². The Morgan fingerprint density at radius 1 is 1.37 bits per heavy atom. The van der Waals surface area contributed by atoms with Gasteiger partial charge in [0.05, 0.1) is 13.2 Å². The van der Waals surface area contributed by atoms with Crippen LogP contribution in [-0.4, -0.2) is 31.6 Å². The first-order valence-corrected chi connectivity index (χ1v) is 7.17. The topological polar surface area (TPSA) is 52.6 Å². The van der Waals surface area contributed by atoms with Gasteiger partial charge in [0.25, 0.3) is 0 Å². The van der Waals surface area contributed by atoms with E-state index in [-0.39, 0.29) is 19.0 Å². The predicted octanol–water partition coefficient (Wildman–Crippen LogP) is 2.47. The highest BCUT2D eigenvalue weighted by molar-refractivity contribution is 7.09. The zero-order valence-electron chi connectivity index (χ0n) is 11.6. The van der Waals surface area contributed by atoms with E-state index in [2.05, 4.69) is 0 Å². The van der Waals surface area contributed by atoms with Gasteiger partial charge >= 0.3 is 5.97 Å². The Hall–Kier alpha value is -1.20. The van der Waals surface area contributed by atoms with Crippen molar-refractivity contribution in [2.24, 2.45) is 5.41 Å². The lowest BCUT2D eigenvalue weighted by atomic mass is 9.88. The van der Waals surface area contributed by atoms with Crippen LogP contribution in [0.1, 0.15) is 25.6 Å². The van der Waals surface area contributed by atoms with Gasteiger partial charge in [0.2, 0.25) is 0 Å². The fourth-order valence-electron chi connectivity index (χ4n) is 1.40. The van der Waals surface area contributed by atoms with Crippen molar-refractivity contribution in [3.63, 3.8) is 0 Å². The number of carbonyl (C=O) groups is 2. The van der Waals surface area contributed by atoms with Gasteiger partial charge in [0.15, 0.2) is 5.78 Å². The van der Waals surface area contributed by atoms with Gasteiger partial charge in [-0.15, -0.1) is 11.3 Å². The van der Waals surface area contributed by atoms with Crippen LogP contribution in [0.2, 0.25) is 0 Å². The molecular weight excluding hydrogens is 264 g/mol. The van der Waals surface area contributed by atoms with Gasteiger partial charge in [-0.3, -0.25) is 9.59 Å². The van der Waals surface area contributed by atoms with E-state index in [4.69, 9.17) is 9.47 Å². The number of esters is 1. The lowest BCUT2D eigenvalue weighted by molar-refractivity contribution is -0.159. The Kier molecular flexibility index (Phi) is 6.18. The molecule has 19 heavy (non-hydrogen) atoms. The van der Waals surface area contributed by atoms with Crippen LogP contribution < -0.4 is 0 Å². The lowest BCUT2D eigenvalue weighted by Gasteiger charge is -2.20. The number of Topliss-reactive ketones (excluding diaryl/α,β-unsaturated/α-hetero) is 1. The number of hydrogen-bond donors (Lipinski definition) is 0. The van der Waals surface area contributed by atoms with Crippen LogP contribution in [0.5, 0.6) is 0 Å². The van der Waals surface area contributed by atoms with Crippen LogP contribution in [0, 0.1) is 5.41 Å². The summed E-state index contributed by atoms with van der Waals surface area (Å²) in [5.74, 6) is -0.751. The molecule has 0 aliphatic heterocycles. The molecular formula is C14H20O4S. The Bertz CT molecular complexity index is 409. The maximum absolute atomic E-state index is 11.9. The molecule has 0 saturated carbocycles. The van der Waals surface area contributed by atoms with Crippen molar-refractivity contribution in [2.45, 2.75) is 27.2 Å². The summed E-state index contributed by atoms with van der Waals surface area (Å²) in [5, 5.41) is 2.00. The first kappa shape index (κ1) is 15.9. The minimum Gasteiger partial charge on any atom is -0.465 e. The Morgan fingerprint density at radius 3 is 2.68 bits per heavy atom. The molecule has 0 aliphatic rings. The molecule has 4 nitrogen and oxygen atoms in total. The third kappa shape index (κ3) is 4.76. The number of rotatable bonds is 8. The van der Waals surface area contributed by atoms with Crippen molar-refractivity contribution in [1.82, 2.24) is 0 Å². The molecule has 0 unspecified atom stereocenters. The first-order valence-electron chi connectivity index (χ1n) is 6.29. The summed E-state index contributed by atoms with van der Waals surface area (Å²) in [5.41, 5.74) is -1.14. The standard InChI is InChI=1S/C14H20O4S/c1-4-18-13(16)14(2,3)12(15)10-17-8-7-11-6-5-9-19-11/h5-6,9H,4,7-8,10H2,1-3H3. The van der Waals surface area contributed by atoms with Crippen LogP contribution >= 0.6 is 11.3 Å². The largest absolute Gasteiger partial charge is 0.465 e. The van der Waals surface area contributed by atoms with Gasteiger partial charge in [0, 0.05) is 11.3 Å². The van der Waals surface area contributed by atoms with Crippen molar-refractivity contribution >= 4 is 23.1 Å². The Balaban J connectivity index is 2.31. The molecule has 0 amide bonds. The quantitative estimate of drug-likeness (QED) is 0.418. The average Bonchev–Trinajstić information content (AvgIpc) is 2.87. The molecule has 0 aliphatic carbocycles. The van der Waals surface area contributed by atoms with E-state index in [1.807, 2.05) is 17.5 Å². The Morgan fingerprint density at radius 2 is 2.11 bits per heavy atom. The lowest BCUT2D eigenvalue weighted by Crippen LogP contribution is -2.37. The van der Waals surface area contributed by atoms with E-state index < -0.39 is 11.4 Å². The summed E-state index contributed by atoms with van der Waals surface area (Å²) in [7, 11) is 0. The number of ether oxygens (including phenoxy) is 2. The summed E-state index contributed by atoms with van der Waals surface area (Å²) in [6, 6.07) is 4.01. The van der Waals surface area contributed by atoms with Crippen molar-refractivity contribution in [3.05, 3.63) is 22.4 Å². The monoisotopic (exact) mass is 284 g/mol. The van der Waals surface area contributed by atoms with Crippen molar-refractivity contribution in [3.8, 4) is 0 Å². The molecule has 1 heterocycles. The Labute approximate surface area is 117 Å². The number of hydrogen-bond acceptors (Lipinski definition) is 5. The molecule has 1 aromatic rings. The van der Waals surface area contributed by atoms with Crippen molar-refractivity contribution in [1.29, 1.82) is 0 Å². The highest BCUT2D eigenvalue weighted by atomic mass is 32.1. The molecule has 0 bridgehead atoms. The summed E-state index contributed by atoms with van der Waals surface area (Å²) >= 11 is 1.66. The second-order valence-corrected chi connectivity index (χ2v) is 5.68. The minimum atomic E-state index is -1.14. The number of ketones is 1. The van der Waals surface area contributed by atoms with E-state index in [9.17, 15) is 9.59 Å². The molecule has 0 spiro atoms. The molecule has 5 heteroatoms. The molecule has 0 saturated heterocycles. The van der Waals surface area contributed by atoms with Crippen LogP contribution in [-0.2, 0) is 25.5 Å². The van der Waals surface area contributed by atoms with E-state index in [1.54, 1.807) is 32.1 Å². The van der Waals surface area contributed by atoms with E-state index >= 15 is 0 Å². The molecule has 1 rings (SSSR count). The maximum Gasteiger partial charge on any atom is 0.319 e. The van der Waals surface area contributed by atoms with E-state index in [0.29, 0.717) is 6.61 Å². The summed E-state index contributed by atoms with van der Waals surface area (Å²) in [6.45, 7) is 5.54. The third-order valence-electron chi connectivity index (χ3n) is 2.79.